The molecule has 222 valence electrons. The fourth-order valence-corrected chi connectivity index (χ4v) is 7.69. The first-order valence-electron chi connectivity index (χ1n) is 14.4. The van der Waals surface area contributed by atoms with Gasteiger partial charge in [-0.05, 0) is 49.9 Å². The molecule has 0 radical (unpaired) electrons. The van der Waals surface area contributed by atoms with Crippen LogP contribution in [0.25, 0.3) is 10.3 Å². The first-order chi connectivity index (χ1) is 20.8. The lowest BCUT2D eigenvalue weighted by Crippen LogP contribution is -2.61. The van der Waals surface area contributed by atoms with Crippen LogP contribution in [-0.4, -0.2) is 51.8 Å². The predicted octanol–water partition coefficient (Wildman–Crippen LogP) is 6.88. The van der Waals surface area contributed by atoms with Crippen molar-refractivity contribution in [3.05, 3.63) is 63.0 Å². The largest absolute Gasteiger partial charge is 0.477 e. The maximum absolute atomic E-state index is 11.6. The van der Waals surface area contributed by atoms with Crippen LogP contribution < -0.4 is 14.5 Å². The van der Waals surface area contributed by atoms with Crippen LogP contribution in [0.1, 0.15) is 47.3 Å². The van der Waals surface area contributed by atoms with E-state index in [1.54, 1.807) is 18.2 Å². The Kier molecular flexibility index (Phi) is 7.15. The molecule has 7 rings (SSSR count). The Morgan fingerprint density at radius 1 is 1.07 bits per heavy atom. The number of rotatable bonds is 9. The summed E-state index contributed by atoms with van der Waals surface area (Å²) < 4.78 is 8.13. The van der Waals surface area contributed by atoms with Crippen molar-refractivity contribution in [1.82, 2.24) is 14.5 Å². The van der Waals surface area contributed by atoms with Gasteiger partial charge in [0.1, 0.15) is 22.1 Å². The molecule has 5 heterocycles. The number of hydrogen-bond donors (Lipinski definition) is 1. The van der Waals surface area contributed by atoms with Gasteiger partial charge in [-0.25, -0.2) is 9.78 Å². The van der Waals surface area contributed by atoms with Gasteiger partial charge >= 0.3 is 5.97 Å². The quantitative estimate of drug-likeness (QED) is 0.212. The standard InChI is InChI=1S/C31H30Cl2N6O3S/c32-21-5-4-20(22(33)14-21)16-42-26-3-1-2-25(35-26)37-12-9-31(10-13-37)17-38(18-31)29-36-27-23(15-24(43-27)28(40)41)39(29)19-30(6-7-30)8-11-34/h1-5,14-15H,6-10,12-13,16-19H2,(H,40,41). The van der Waals surface area contributed by atoms with Gasteiger partial charge in [-0.1, -0.05) is 35.3 Å². The number of anilines is 2. The summed E-state index contributed by atoms with van der Waals surface area (Å²) >= 11 is 13.5. The van der Waals surface area contributed by atoms with E-state index < -0.39 is 5.97 Å². The number of nitriles is 1. The summed E-state index contributed by atoms with van der Waals surface area (Å²) in [6, 6.07) is 15.3. The predicted molar refractivity (Wildman–Crippen MR) is 168 cm³/mol. The number of fused-ring (bicyclic) bond motifs is 1. The Bertz CT molecular complexity index is 1740. The van der Waals surface area contributed by atoms with Crippen LogP contribution in [0.15, 0.2) is 42.5 Å². The van der Waals surface area contributed by atoms with Crippen LogP contribution in [-0.2, 0) is 13.2 Å². The van der Waals surface area contributed by atoms with E-state index >= 15 is 0 Å². The number of aromatic carboxylic acids is 1. The maximum atomic E-state index is 11.6. The number of carbonyl (C=O) groups is 1. The molecule has 12 heteroatoms. The molecule has 4 aromatic rings. The molecule has 9 nitrogen and oxygen atoms in total. The number of carboxylic acid groups (broad SMARTS) is 1. The highest BCUT2D eigenvalue weighted by Crippen LogP contribution is 2.52. The molecule has 3 fully saturated rings. The van der Waals surface area contributed by atoms with E-state index in [9.17, 15) is 15.2 Å². The number of thiophene rings is 1. The molecular weight excluding hydrogens is 607 g/mol. The van der Waals surface area contributed by atoms with Gasteiger partial charge in [0.15, 0.2) is 0 Å². The van der Waals surface area contributed by atoms with Gasteiger partial charge < -0.3 is 24.2 Å². The van der Waals surface area contributed by atoms with Crippen molar-refractivity contribution >= 4 is 62.6 Å². The Balaban J connectivity index is 1.01. The van der Waals surface area contributed by atoms with Crippen LogP contribution in [0.4, 0.5) is 11.8 Å². The second kappa shape index (κ2) is 10.9. The maximum Gasteiger partial charge on any atom is 0.346 e. The lowest BCUT2D eigenvalue weighted by atomic mass is 9.72. The van der Waals surface area contributed by atoms with Crippen LogP contribution >= 0.6 is 34.5 Å². The molecule has 2 saturated heterocycles. The van der Waals surface area contributed by atoms with E-state index in [4.69, 9.17) is 37.9 Å². The van der Waals surface area contributed by atoms with E-state index in [-0.39, 0.29) is 10.8 Å². The summed E-state index contributed by atoms with van der Waals surface area (Å²) in [5, 5.41) is 20.1. The molecule has 0 unspecified atom stereocenters. The normalized spacial score (nSPS) is 18.4. The number of imidazole rings is 1. The van der Waals surface area contributed by atoms with E-state index in [0.717, 1.165) is 79.5 Å². The van der Waals surface area contributed by atoms with Crippen molar-refractivity contribution in [3.63, 3.8) is 0 Å². The number of aromatic nitrogens is 3. The molecule has 1 N–H and O–H groups in total. The fourth-order valence-electron chi connectivity index (χ4n) is 6.36. The van der Waals surface area contributed by atoms with Crippen molar-refractivity contribution in [2.24, 2.45) is 10.8 Å². The highest BCUT2D eigenvalue weighted by atomic mass is 35.5. The number of halogens is 2. The molecule has 3 aliphatic rings. The third-order valence-electron chi connectivity index (χ3n) is 9.13. The third kappa shape index (κ3) is 5.50. The average Bonchev–Trinajstić information content (AvgIpc) is 3.47. The smallest absolute Gasteiger partial charge is 0.346 e. The Labute approximate surface area is 263 Å². The fraction of sp³-hybridized carbons (Fsp3) is 0.419. The van der Waals surface area contributed by atoms with Gasteiger partial charge in [-0.2, -0.15) is 10.2 Å². The molecule has 1 spiro atoms. The summed E-state index contributed by atoms with van der Waals surface area (Å²) in [6.07, 6.45) is 4.65. The van der Waals surface area contributed by atoms with Gasteiger partial charge in [-0.3, -0.25) is 0 Å². The Morgan fingerprint density at radius 2 is 1.86 bits per heavy atom. The van der Waals surface area contributed by atoms with Gasteiger partial charge in [-0.15, -0.1) is 11.3 Å². The first-order valence-corrected chi connectivity index (χ1v) is 16.0. The number of piperidine rings is 1. The molecule has 1 saturated carbocycles. The second-order valence-electron chi connectivity index (χ2n) is 12.1. The van der Waals surface area contributed by atoms with Crippen molar-refractivity contribution in [2.75, 3.05) is 36.0 Å². The minimum absolute atomic E-state index is 0.0251. The molecule has 1 aliphatic carbocycles. The highest BCUT2D eigenvalue weighted by molar-refractivity contribution is 7.20. The number of ether oxygens (including phenoxy) is 1. The number of benzene rings is 1. The Morgan fingerprint density at radius 3 is 2.56 bits per heavy atom. The third-order valence-corrected chi connectivity index (χ3v) is 10.7. The van der Waals surface area contributed by atoms with E-state index in [1.165, 1.54) is 11.3 Å². The van der Waals surface area contributed by atoms with E-state index in [1.807, 2.05) is 24.3 Å². The molecule has 0 atom stereocenters. The minimum Gasteiger partial charge on any atom is -0.477 e. The van der Waals surface area contributed by atoms with Gasteiger partial charge in [0.05, 0.1) is 11.6 Å². The average molecular weight is 638 g/mol. The molecule has 0 bridgehead atoms. The molecule has 1 aromatic carbocycles. The van der Waals surface area contributed by atoms with Crippen LogP contribution in [0.2, 0.25) is 10.0 Å². The van der Waals surface area contributed by atoms with E-state index in [0.29, 0.717) is 40.4 Å². The monoisotopic (exact) mass is 636 g/mol. The van der Waals surface area contributed by atoms with Gasteiger partial charge in [0, 0.05) is 71.6 Å². The zero-order chi connectivity index (χ0) is 29.8. The summed E-state index contributed by atoms with van der Waals surface area (Å²) in [6.45, 7) is 4.66. The van der Waals surface area contributed by atoms with Crippen LogP contribution in [0.5, 0.6) is 5.88 Å². The lowest BCUT2D eigenvalue weighted by Gasteiger charge is -2.54. The molecule has 2 aliphatic heterocycles. The minimum atomic E-state index is -0.929. The van der Waals surface area contributed by atoms with Crippen LogP contribution in [0.3, 0.4) is 0 Å². The molecular formula is C31H30Cl2N6O3S. The Hall–Kier alpha value is -3.52. The number of nitrogens with zero attached hydrogens (tertiary/aromatic N) is 6. The number of hydrogen-bond acceptors (Lipinski definition) is 8. The number of carboxylic acids is 1. The second-order valence-corrected chi connectivity index (χ2v) is 14.0. The summed E-state index contributed by atoms with van der Waals surface area (Å²) in [4.78, 5) is 27.0. The molecule has 3 aromatic heterocycles. The zero-order valence-electron chi connectivity index (χ0n) is 23.4. The molecule has 0 amide bonds. The topological polar surface area (TPSA) is 108 Å². The van der Waals surface area contributed by atoms with Crippen molar-refractivity contribution < 1.29 is 14.6 Å². The summed E-state index contributed by atoms with van der Waals surface area (Å²) in [5.74, 6) is 1.44. The van der Waals surface area contributed by atoms with Crippen molar-refractivity contribution in [3.8, 4) is 11.9 Å². The SMILES string of the molecule is N#CCC1(Cn2c(N3CC4(CCN(c5cccc(OCc6ccc(Cl)cc6Cl)n5)CC4)C3)nc3sc(C(=O)O)cc32)CC1. The molecule has 43 heavy (non-hydrogen) atoms. The van der Waals surface area contributed by atoms with E-state index in [2.05, 4.69) is 20.4 Å². The summed E-state index contributed by atoms with van der Waals surface area (Å²) in [7, 11) is 0. The van der Waals surface area contributed by atoms with Crippen molar-refractivity contribution in [1.29, 1.82) is 5.26 Å². The lowest BCUT2D eigenvalue weighted by molar-refractivity contribution is 0.0702. The number of pyridine rings is 1. The van der Waals surface area contributed by atoms with Crippen molar-refractivity contribution in [2.45, 2.75) is 45.3 Å². The van der Waals surface area contributed by atoms with Gasteiger partial charge in [0.25, 0.3) is 0 Å². The highest BCUT2D eigenvalue weighted by Gasteiger charge is 2.48. The van der Waals surface area contributed by atoms with Gasteiger partial charge in [0.2, 0.25) is 11.8 Å². The first kappa shape index (κ1) is 28.3. The van der Waals surface area contributed by atoms with Crippen LogP contribution in [0, 0.1) is 22.2 Å². The summed E-state index contributed by atoms with van der Waals surface area (Å²) in [5.41, 5.74) is 1.91. The zero-order valence-corrected chi connectivity index (χ0v) is 25.8.